The Morgan fingerprint density at radius 3 is 2.02 bits per heavy atom. The summed E-state index contributed by atoms with van der Waals surface area (Å²) in [4.78, 5) is 69.8. The number of amides is 1. The molecule has 8 rings (SSSR count). The molecule has 4 N–H and O–H groups in total. The van der Waals surface area contributed by atoms with Crippen LogP contribution in [0.3, 0.4) is 0 Å². The van der Waals surface area contributed by atoms with Gasteiger partial charge in [-0.25, -0.2) is 0 Å². The number of aromatic hydroxyl groups is 1. The third-order valence-electron chi connectivity index (χ3n) is 10.4. The molecule has 2 heterocycles. The van der Waals surface area contributed by atoms with Crippen LogP contribution in [0, 0.1) is 23.7 Å². The van der Waals surface area contributed by atoms with Crippen molar-refractivity contribution in [3.8, 4) is 51.0 Å². The first-order chi connectivity index (χ1) is 22.9. The summed E-state index contributed by atoms with van der Waals surface area (Å²) in [6, 6.07) is 10.9. The zero-order valence-corrected chi connectivity index (χ0v) is 25.8. The van der Waals surface area contributed by atoms with E-state index in [1.165, 1.54) is 4.90 Å². The zero-order valence-electron chi connectivity index (χ0n) is 25.8. The summed E-state index contributed by atoms with van der Waals surface area (Å²) in [7, 11) is 3.09. The van der Waals surface area contributed by atoms with E-state index in [4.69, 9.17) is 24.7 Å². The molecule has 1 amide bonds. The van der Waals surface area contributed by atoms with Crippen molar-refractivity contribution in [3.05, 3.63) is 53.6 Å². The molecule has 48 heavy (non-hydrogen) atoms. The van der Waals surface area contributed by atoms with Crippen molar-refractivity contribution >= 4 is 29.0 Å². The van der Waals surface area contributed by atoms with Gasteiger partial charge in [0.15, 0.2) is 57.6 Å². The molecule has 3 aromatic rings. The molecular formula is C35H30N2O11. The van der Waals surface area contributed by atoms with E-state index in [2.05, 4.69) is 0 Å². The standard InChI is InChI=1S/C35H30N2O11/c1-37(2)28-20-8-16-7-19-17(14-3-5-21-23(9-14)47-12-45-21)11-18(15-4-6-22-24(10-15)48-13-46-22)29(38)26(19)30(39)25(16)32(41)35(20,44)33(42)27(31(28)40)34(36)43/h3-6,9-11,16,20,25,27-28,38,44H,7-8,12-13H2,1-2H3,(H2,36,43)/t16-,20-,25?,27?,28-,35-/m1/s1. The number of hydrogen-bond donors (Lipinski definition) is 3. The molecule has 13 nitrogen and oxygen atoms in total. The summed E-state index contributed by atoms with van der Waals surface area (Å²) in [5, 5.41) is 23.8. The van der Waals surface area contributed by atoms with Crippen molar-refractivity contribution in [3.63, 3.8) is 0 Å². The summed E-state index contributed by atoms with van der Waals surface area (Å²) in [5.41, 5.74) is 4.97. The van der Waals surface area contributed by atoms with Gasteiger partial charge in [0.1, 0.15) is 5.75 Å². The second-order valence-corrected chi connectivity index (χ2v) is 13.1. The molecular weight excluding hydrogens is 624 g/mol. The van der Waals surface area contributed by atoms with Gasteiger partial charge >= 0.3 is 0 Å². The van der Waals surface area contributed by atoms with E-state index < -0.39 is 64.4 Å². The molecule has 0 radical (unpaired) electrons. The first kappa shape index (κ1) is 30.1. The van der Waals surface area contributed by atoms with E-state index >= 15 is 0 Å². The number of fused-ring (bicyclic) bond motifs is 5. The molecule has 3 aromatic carbocycles. The van der Waals surface area contributed by atoms with E-state index in [1.807, 2.05) is 0 Å². The zero-order chi connectivity index (χ0) is 33.8. The van der Waals surface area contributed by atoms with Gasteiger partial charge in [-0.15, -0.1) is 0 Å². The Morgan fingerprint density at radius 1 is 0.854 bits per heavy atom. The lowest BCUT2D eigenvalue weighted by Gasteiger charge is -2.52. The number of primary amides is 1. The van der Waals surface area contributed by atoms with E-state index in [0.717, 1.165) is 0 Å². The Morgan fingerprint density at radius 2 is 1.44 bits per heavy atom. The molecule has 0 saturated heterocycles. The van der Waals surface area contributed by atoms with Crippen LogP contribution in [-0.4, -0.2) is 83.5 Å². The second kappa shape index (κ2) is 10.4. The minimum atomic E-state index is -2.82. The summed E-state index contributed by atoms with van der Waals surface area (Å²) >= 11 is 0. The topological polar surface area (TPSA) is 192 Å². The Hall–Kier alpha value is -5.27. The number of aliphatic hydroxyl groups is 1. The van der Waals surface area contributed by atoms with Crippen LogP contribution in [0.5, 0.6) is 28.7 Å². The van der Waals surface area contributed by atoms with Crippen molar-refractivity contribution in [2.75, 3.05) is 27.7 Å². The van der Waals surface area contributed by atoms with Crippen LogP contribution in [0.1, 0.15) is 22.3 Å². The number of hydrogen-bond acceptors (Lipinski definition) is 12. The summed E-state index contributed by atoms with van der Waals surface area (Å²) in [5.74, 6) is -9.20. The maximum Gasteiger partial charge on any atom is 0.235 e. The van der Waals surface area contributed by atoms with Crippen molar-refractivity contribution in [1.82, 2.24) is 4.90 Å². The third-order valence-corrected chi connectivity index (χ3v) is 10.4. The number of carbonyl (C=O) groups is 5. The monoisotopic (exact) mass is 654 g/mol. The SMILES string of the molecule is CN(C)[C@H]1C(=O)C(C(N)=O)C(=O)[C@]2(O)C(=O)C3C(=O)c4c(O)c(-c5ccc6c(c5)OCO6)cc(-c5ccc6c(c5)OCO6)c4C[C@@H]3C[C@H]12. The van der Waals surface area contributed by atoms with Gasteiger partial charge in [0, 0.05) is 11.5 Å². The van der Waals surface area contributed by atoms with E-state index in [1.54, 1.807) is 56.6 Å². The average Bonchev–Trinajstić information content (AvgIpc) is 3.71. The number of nitrogens with two attached hydrogens (primary N) is 1. The average molecular weight is 655 g/mol. The summed E-state index contributed by atoms with van der Waals surface area (Å²) < 4.78 is 22.1. The number of Topliss-reactive ketones (excluding diaryl/α,β-unsaturated/α-hetero) is 4. The van der Waals surface area contributed by atoms with Crippen LogP contribution in [0.15, 0.2) is 42.5 Å². The normalized spacial score (nSPS) is 28.3. The van der Waals surface area contributed by atoms with E-state index in [9.17, 15) is 34.2 Å². The highest BCUT2D eigenvalue weighted by atomic mass is 16.7. The highest BCUT2D eigenvalue weighted by Crippen LogP contribution is 2.54. The molecule has 0 spiro atoms. The molecule has 5 aliphatic rings. The van der Waals surface area contributed by atoms with Crippen molar-refractivity contribution in [2.24, 2.45) is 29.4 Å². The van der Waals surface area contributed by atoms with Crippen molar-refractivity contribution in [2.45, 2.75) is 24.5 Å². The number of phenolic OH excluding ortho intramolecular Hbond substituents is 1. The molecule has 2 aliphatic heterocycles. The van der Waals surface area contributed by atoms with Gasteiger partial charge in [-0.2, -0.15) is 0 Å². The number of phenols is 1. The number of ketones is 4. The Bertz CT molecular complexity index is 2000. The van der Waals surface area contributed by atoms with Crippen LogP contribution in [0.25, 0.3) is 22.3 Å². The van der Waals surface area contributed by atoms with Crippen LogP contribution in [-0.2, 0) is 25.6 Å². The van der Waals surface area contributed by atoms with E-state index in [0.29, 0.717) is 45.3 Å². The van der Waals surface area contributed by atoms with Crippen LogP contribution >= 0.6 is 0 Å². The van der Waals surface area contributed by atoms with Crippen molar-refractivity contribution < 1.29 is 53.1 Å². The maximum absolute atomic E-state index is 14.6. The minimum absolute atomic E-state index is 0.0284. The Labute approximate surface area is 273 Å². The molecule has 0 aromatic heterocycles. The Kier molecular flexibility index (Phi) is 6.50. The maximum atomic E-state index is 14.6. The first-order valence-electron chi connectivity index (χ1n) is 15.4. The number of nitrogens with zero attached hydrogens (tertiary/aromatic N) is 1. The van der Waals surface area contributed by atoms with Crippen LogP contribution < -0.4 is 24.7 Å². The largest absolute Gasteiger partial charge is 0.507 e. The van der Waals surface area contributed by atoms with E-state index in [-0.39, 0.29) is 43.3 Å². The quantitative estimate of drug-likeness (QED) is 0.345. The minimum Gasteiger partial charge on any atom is -0.507 e. The van der Waals surface area contributed by atoms with Gasteiger partial charge in [-0.05, 0) is 85.4 Å². The number of ether oxygens (including phenoxy) is 4. The highest BCUT2D eigenvalue weighted by Gasteiger charge is 2.69. The van der Waals surface area contributed by atoms with Gasteiger partial charge < -0.3 is 34.9 Å². The number of rotatable bonds is 4. The molecule has 0 bridgehead atoms. The number of carbonyl (C=O) groups excluding carboxylic acids is 5. The smallest absolute Gasteiger partial charge is 0.235 e. The van der Waals surface area contributed by atoms with Crippen LogP contribution in [0.4, 0.5) is 0 Å². The highest BCUT2D eigenvalue weighted by molar-refractivity contribution is 6.32. The molecule has 3 aliphatic carbocycles. The molecule has 246 valence electrons. The molecule has 13 heteroatoms. The van der Waals surface area contributed by atoms with Gasteiger partial charge in [0.05, 0.1) is 17.5 Å². The lowest BCUT2D eigenvalue weighted by molar-refractivity contribution is -0.181. The van der Waals surface area contributed by atoms with Gasteiger partial charge in [0.2, 0.25) is 19.5 Å². The Balaban J connectivity index is 1.31. The van der Waals surface area contributed by atoms with Crippen LogP contribution in [0.2, 0.25) is 0 Å². The second-order valence-electron chi connectivity index (χ2n) is 13.1. The third kappa shape index (κ3) is 4.00. The number of benzene rings is 3. The fraction of sp³-hybridized carbons (Fsp3) is 0.343. The molecule has 6 atom stereocenters. The summed E-state index contributed by atoms with van der Waals surface area (Å²) in [6.45, 7) is 0.0746. The van der Waals surface area contributed by atoms with Gasteiger partial charge in [0.25, 0.3) is 0 Å². The van der Waals surface area contributed by atoms with Gasteiger partial charge in [-0.1, -0.05) is 12.1 Å². The lowest BCUT2D eigenvalue weighted by Crippen LogP contribution is -2.74. The molecule has 2 fully saturated rings. The predicted molar refractivity (Wildman–Crippen MR) is 164 cm³/mol. The van der Waals surface area contributed by atoms with Crippen molar-refractivity contribution in [1.29, 1.82) is 0 Å². The number of likely N-dealkylation sites (N-methyl/N-ethyl adjacent to an activating group) is 1. The first-order valence-corrected chi connectivity index (χ1v) is 15.4. The predicted octanol–water partition coefficient (Wildman–Crippen LogP) is 1.66. The van der Waals surface area contributed by atoms with Gasteiger partial charge in [-0.3, -0.25) is 28.9 Å². The molecule has 2 saturated carbocycles. The lowest BCUT2D eigenvalue weighted by atomic mass is 9.52. The summed E-state index contributed by atoms with van der Waals surface area (Å²) in [6.07, 6.45) is 0.0414. The molecule has 2 unspecified atom stereocenters. The fourth-order valence-corrected chi connectivity index (χ4v) is 8.28. The fourth-order valence-electron chi connectivity index (χ4n) is 8.28.